The van der Waals surface area contributed by atoms with Gasteiger partial charge < -0.3 is 15.3 Å². The second-order valence-electron chi connectivity index (χ2n) is 8.61. The number of rotatable bonds is 8. The maximum Gasteiger partial charge on any atom is 0.150 e. The first-order chi connectivity index (χ1) is 16.3. The van der Waals surface area contributed by atoms with Crippen LogP contribution in [0, 0.1) is 0 Å². The van der Waals surface area contributed by atoms with Crippen molar-refractivity contribution >= 4 is 27.4 Å². The van der Waals surface area contributed by atoms with Crippen LogP contribution in [0.25, 0.3) is 10.1 Å². The van der Waals surface area contributed by atoms with E-state index in [1.165, 1.54) is 21.2 Å². The molecule has 2 N–H and O–H groups in total. The summed E-state index contributed by atoms with van der Waals surface area (Å²) in [7, 11) is 0. The summed E-state index contributed by atoms with van der Waals surface area (Å²) in [6, 6.07) is 29.4. The van der Waals surface area contributed by atoms with Gasteiger partial charge >= 0.3 is 0 Å². The van der Waals surface area contributed by atoms with Gasteiger partial charge in [-0.15, -0.1) is 0 Å². The number of benzene rings is 3. The zero-order valence-electron chi connectivity index (χ0n) is 18.7. The smallest absolute Gasteiger partial charge is 0.150 e. The molecule has 2 heterocycles. The van der Waals surface area contributed by atoms with Crippen LogP contribution in [0.3, 0.4) is 0 Å². The molecule has 3 aromatic carbocycles. The number of fused-ring (bicyclic) bond motifs is 1. The number of aliphatic hydroxyl groups excluding tert-OH is 1. The van der Waals surface area contributed by atoms with Crippen molar-refractivity contribution in [3.05, 3.63) is 96.1 Å². The summed E-state index contributed by atoms with van der Waals surface area (Å²) in [6.07, 6.45) is -0.424. The third-order valence-electron chi connectivity index (χ3n) is 6.32. The Balaban J connectivity index is 1.15. The quantitative estimate of drug-likeness (QED) is 0.415. The van der Waals surface area contributed by atoms with Crippen molar-refractivity contribution in [2.45, 2.75) is 12.1 Å². The average Bonchev–Trinajstić information content (AvgIpc) is 3.30. The van der Waals surface area contributed by atoms with Gasteiger partial charge in [-0.2, -0.15) is 4.37 Å². The molecule has 6 heteroatoms. The largest absolute Gasteiger partial charge is 0.390 e. The van der Waals surface area contributed by atoms with Crippen LogP contribution in [0.5, 0.6) is 0 Å². The number of β-amino-alcohol motifs (C(OH)–C–C–N with tert-alkyl or cyclic N) is 1. The summed E-state index contributed by atoms with van der Waals surface area (Å²) in [6.45, 7) is 4.96. The zero-order chi connectivity index (χ0) is 22.5. The maximum absolute atomic E-state index is 10.8. The number of aromatic nitrogens is 1. The molecular weight excluding hydrogens is 428 g/mol. The molecular formula is C27H30N4OS. The number of aliphatic hydroxyl groups is 1. The minimum atomic E-state index is -0.424. The Morgan fingerprint density at radius 3 is 2.09 bits per heavy atom. The van der Waals surface area contributed by atoms with Gasteiger partial charge in [-0.05, 0) is 34.8 Å². The van der Waals surface area contributed by atoms with Gasteiger partial charge in [-0.1, -0.05) is 72.8 Å². The van der Waals surface area contributed by atoms with Crippen LogP contribution in [0.4, 0.5) is 5.82 Å². The first kappa shape index (κ1) is 22.0. The standard InChI is InChI=1S/C27H30N4OS/c32-23(19-28-26(21-9-3-1-4-10-21)22-11-5-2-6-12-22)20-30-15-17-31(18-16-30)27-24-13-7-8-14-25(24)33-29-27/h1-14,23,26,28,32H,15-20H2. The van der Waals surface area contributed by atoms with Crippen LogP contribution < -0.4 is 10.2 Å². The van der Waals surface area contributed by atoms with Crippen LogP contribution in [0.15, 0.2) is 84.9 Å². The number of nitrogens with zero attached hydrogens (tertiary/aromatic N) is 3. The highest BCUT2D eigenvalue weighted by Gasteiger charge is 2.23. The molecule has 1 atom stereocenters. The SMILES string of the molecule is OC(CNC(c1ccccc1)c1ccccc1)CN1CCN(c2nsc3ccccc23)CC1. The Labute approximate surface area is 199 Å². The van der Waals surface area contributed by atoms with Crippen molar-refractivity contribution in [1.82, 2.24) is 14.6 Å². The molecule has 1 aliphatic rings. The summed E-state index contributed by atoms with van der Waals surface area (Å²) in [5.74, 6) is 1.10. The summed E-state index contributed by atoms with van der Waals surface area (Å²) in [5, 5.41) is 15.6. The van der Waals surface area contributed by atoms with Gasteiger partial charge in [-0.3, -0.25) is 4.90 Å². The maximum atomic E-state index is 10.8. The van der Waals surface area contributed by atoms with Crippen molar-refractivity contribution in [3.8, 4) is 0 Å². The Morgan fingerprint density at radius 2 is 1.42 bits per heavy atom. The topological polar surface area (TPSA) is 51.6 Å². The fourth-order valence-electron chi connectivity index (χ4n) is 4.58. The van der Waals surface area contributed by atoms with Crippen LogP contribution in [-0.2, 0) is 0 Å². The molecule has 1 unspecified atom stereocenters. The minimum absolute atomic E-state index is 0.0665. The molecule has 1 fully saturated rings. The molecule has 0 aliphatic carbocycles. The summed E-state index contributed by atoms with van der Waals surface area (Å²) in [4.78, 5) is 4.73. The third kappa shape index (κ3) is 5.25. The molecule has 170 valence electrons. The van der Waals surface area contributed by atoms with Crippen molar-refractivity contribution < 1.29 is 5.11 Å². The van der Waals surface area contributed by atoms with E-state index in [9.17, 15) is 5.11 Å². The molecule has 1 aliphatic heterocycles. The van der Waals surface area contributed by atoms with E-state index < -0.39 is 6.10 Å². The van der Waals surface area contributed by atoms with Crippen LogP contribution in [0.1, 0.15) is 17.2 Å². The minimum Gasteiger partial charge on any atom is -0.390 e. The lowest BCUT2D eigenvalue weighted by molar-refractivity contribution is 0.106. The Morgan fingerprint density at radius 1 is 0.818 bits per heavy atom. The van der Waals surface area contributed by atoms with Gasteiger partial charge in [0.15, 0.2) is 0 Å². The number of hydrogen-bond acceptors (Lipinski definition) is 6. The molecule has 0 saturated carbocycles. The molecule has 5 rings (SSSR count). The Hall–Kier alpha value is -2.77. The van der Waals surface area contributed by atoms with Gasteiger partial charge in [0, 0.05) is 44.7 Å². The fourth-order valence-corrected chi connectivity index (χ4v) is 5.37. The highest BCUT2D eigenvalue weighted by atomic mass is 32.1. The lowest BCUT2D eigenvalue weighted by Gasteiger charge is -2.36. The predicted octanol–water partition coefficient (Wildman–Crippen LogP) is 4.16. The first-order valence-electron chi connectivity index (χ1n) is 11.6. The Bertz CT molecular complexity index is 1100. The highest BCUT2D eigenvalue weighted by molar-refractivity contribution is 7.13. The molecule has 5 nitrogen and oxygen atoms in total. The summed E-state index contributed by atoms with van der Waals surface area (Å²) >= 11 is 1.57. The monoisotopic (exact) mass is 458 g/mol. The van der Waals surface area contributed by atoms with E-state index in [0.717, 1.165) is 32.0 Å². The molecule has 0 radical (unpaired) electrons. The van der Waals surface area contributed by atoms with Crippen molar-refractivity contribution in [3.63, 3.8) is 0 Å². The second kappa shape index (κ2) is 10.4. The normalized spacial score (nSPS) is 15.9. The van der Waals surface area contributed by atoms with Crippen LogP contribution in [0.2, 0.25) is 0 Å². The number of nitrogens with one attached hydrogen (secondary N) is 1. The summed E-state index contributed by atoms with van der Waals surface area (Å²) < 4.78 is 5.94. The summed E-state index contributed by atoms with van der Waals surface area (Å²) in [5.41, 5.74) is 2.42. The van der Waals surface area contributed by atoms with Crippen molar-refractivity contribution in [1.29, 1.82) is 0 Å². The Kier molecular flexibility index (Phi) is 6.98. The average molecular weight is 459 g/mol. The highest BCUT2D eigenvalue weighted by Crippen LogP contribution is 2.29. The molecule has 4 aromatic rings. The van der Waals surface area contributed by atoms with E-state index in [1.54, 1.807) is 11.5 Å². The number of piperazine rings is 1. The fraction of sp³-hybridized carbons (Fsp3) is 0.296. The zero-order valence-corrected chi connectivity index (χ0v) is 19.5. The van der Waals surface area contributed by atoms with E-state index in [0.29, 0.717) is 13.1 Å². The lowest BCUT2D eigenvalue weighted by atomic mass is 9.98. The third-order valence-corrected chi connectivity index (χ3v) is 7.14. The predicted molar refractivity (Wildman–Crippen MR) is 137 cm³/mol. The van der Waals surface area contributed by atoms with Crippen molar-refractivity contribution in [2.24, 2.45) is 0 Å². The van der Waals surface area contributed by atoms with E-state index in [2.05, 4.69) is 87.9 Å². The van der Waals surface area contributed by atoms with Gasteiger partial charge in [0.2, 0.25) is 0 Å². The van der Waals surface area contributed by atoms with E-state index in [-0.39, 0.29) is 6.04 Å². The van der Waals surface area contributed by atoms with E-state index in [1.807, 2.05) is 12.1 Å². The molecule has 33 heavy (non-hydrogen) atoms. The molecule has 1 saturated heterocycles. The van der Waals surface area contributed by atoms with Gasteiger partial charge in [0.05, 0.1) is 16.8 Å². The van der Waals surface area contributed by atoms with Crippen LogP contribution in [-0.4, -0.2) is 59.8 Å². The van der Waals surface area contributed by atoms with Gasteiger partial charge in [-0.25, -0.2) is 0 Å². The molecule has 0 amide bonds. The van der Waals surface area contributed by atoms with E-state index in [4.69, 9.17) is 4.37 Å². The van der Waals surface area contributed by atoms with E-state index >= 15 is 0 Å². The van der Waals surface area contributed by atoms with Crippen LogP contribution >= 0.6 is 11.5 Å². The van der Waals surface area contributed by atoms with Gasteiger partial charge in [0.1, 0.15) is 5.82 Å². The number of hydrogen-bond donors (Lipinski definition) is 2. The lowest BCUT2D eigenvalue weighted by Crippen LogP contribution is -2.50. The molecule has 1 aromatic heterocycles. The van der Waals surface area contributed by atoms with Gasteiger partial charge in [0.25, 0.3) is 0 Å². The molecule has 0 spiro atoms. The second-order valence-corrected chi connectivity index (χ2v) is 9.41. The van der Waals surface area contributed by atoms with Crippen molar-refractivity contribution in [2.75, 3.05) is 44.2 Å². The first-order valence-corrected chi connectivity index (χ1v) is 12.4. The molecule has 0 bridgehead atoms. The number of anilines is 1.